The number of unbranched alkanes of at least 4 members (excludes halogenated alkanes) is 1. The number of hydrogen-bond donors (Lipinski definition) is 3. The van der Waals surface area contributed by atoms with Gasteiger partial charge in [0, 0.05) is 24.3 Å². The Balaban J connectivity index is 1.93. The zero-order valence-electron chi connectivity index (χ0n) is 17.8. The van der Waals surface area contributed by atoms with Crippen molar-refractivity contribution in [3.05, 3.63) is 58.1 Å². The van der Waals surface area contributed by atoms with Crippen LogP contribution in [-0.4, -0.2) is 38.2 Å². The van der Waals surface area contributed by atoms with Gasteiger partial charge in [0.05, 0.1) is 16.3 Å². The number of rotatable bonds is 9. The maximum absolute atomic E-state index is 12.6. The van der Waals surface area contributed by atoms with Crippen molar-refractivity contribution in [2.24, 2.45) is 0 Å². The molecule has 0 bridgehead atoms. The van der Waals surface area contributed by atoms with Crippen LogP contribution in [0.3, 0.4) is 0 Å². The number of amides is 3. The summed E-state index contributed by atoms with van der Waals surface area (Å²) >= 11 is 11.9. The molecule has 2 aromatic rings. The predicted octanol–water partition coefficient (Wildman–Crippen LogP) is 4.66. The molecule has 8 nitrogen and oxygen atoms in total. The van der Waals surface area contributed by atoms with E-state index in [4.69, 9.17) is 23.2 Å². The van der Waals surface area contributed by atoms with Gasteiger partial charge >= 0.3 is 6.03 Å². The molecule has 0 aliphatic rings. The summed E-state index contributed by atoms with van der Waals surface area (Å²) in [5.74, 6) is -0.316. The van der Waals surface area contributed by atoms with Gasteiger partial charge in [-0.3, -0.25) is 14.9 Å². The van der Waals surface area contributed by atoms with Crippen LogP contribution in [-0.2, 0) is 21.2 Å². The molecular formula is C21H26Cl2N4O4S. The molecule has 0 fully saturated rings. The number of aryl methyl sites for hydroxylation is 1. The molecule has 3 amide bonds. The van der Waals surface area contributed by atoms with Crippen molar-refractivity contribution >= 4 is 56.5 Å². The zero-order chi connectivity index (χ0) is 23.7. The Morgan fingerprint density at radius 2 is 1.66 bits per heavy atom. The lowest BCUT2D eigenvalue weighted by Gasteiger charge is -2.23. The van der Waals surface area contributed by atoms with Gasteiger partial charge in [-0.1, -0.05) is 48.7 Å². The van der Waals surface area contributed by atoms with Crippen LogP contribution in [0.4, 0.5) is 16.2 Å². The van der Waals surface area contributed by atoms with E-state index in [2.05, 4.69) is 15.5 Å². The topological polar surface area (TPSA) is 108 Å². The summed E-state index contributed by atoms with van der Waals surface area (Å²) in [5, 5.41) is 4.63. The average molecular weight is 501 g/mol. The Morgan fingerprint density at radius 3 is 2.25 bits per heavy atom. The summed E-state index contributed by atoms with van der Waals surface area (Å²) in [6.07, 6.45) is 3.22. The van der Waals surface area contributed by atoms with Crippen molar-refractivity contribution in [2.45, 2.75) is 32.6 Å². The number of urea groups is 1. The molecule has 0 aliphatic heterocycles. The third-order valence-corrected chi connectivity index (χ3v) is 5.65. The van der Waals surface area contributed by atoms with Crippen LogP contribution in [0, 0.1) is 0 Å². The molecule has 0 unspecified atom stereocenters. The Kier molecular flexibility index (Phi) is 9.61. The molecular weight excluding hydrogens is 475 g/mol. The van der Waals surface area contributed by atoms with Crippen LogP contribution >= 0.6 is 23.2 Å². The molecule has 2 rings (SSSR count). The van der Waals surface area contributed by atoms with E-state index in [1.165, 1.54) is 11.1 Å². The van der Waals surface area contributed by atoms with Gasteiger partial charge < -0.3 is 5.32 Å². The Morgan fingerprint density at radius 1 is 1.00 bits per heavy atom. The minimum Gasteiger partial charge on any atom is -0.306 e. The molecule has 0 saturated heterocycles. The summed E-state index contributed by atoms with van der Waals surface area (Å²) in [4.78, 5) is 25.1. The quantitative estimate of drug-likeness (QED) is 0.435. The molecule has 0 saturated carbocycles. The molecule has 174 valence electrons. The van der Waals surface area contributed by atoms with Crippen molar-refractivity contribution in [2.75, 3.05) is 22.8 Å². The van der Waals surface area contributed by atoms with Crippen LogP contribution in [0.15, 0.2) is 42.5 Å². The first kappa shape index (κ1) is 25.8. The minimum atomic E-state index is -3.34. The number of benzene rings is 2. The first-order chi connectivity index (χ1) is 15.1. The lowest BCUT2D eigenvalue weighted by atomic mass is 10.1. The van der Waals surface area contributed by atoms with Gasteiger partial charge in [-0.25, -0.2) is 18.2 Å². The number of nitrogens with one attached hydrogen (secondary N) is 3. The third-order valence-electron chi connectivity index (χ3n) is 4.31. The van der Waals surface area contributed by atoms with E-state index in [1.807, 2.05) is 6.92 Å². The van der Waals surface area contributed by atoms with Crippen LogP contribution in [0.2, 0.25) is 10.0 Å². The smallest absolute Gasteiger partial charge is 0.306 e. The van der Waals surface area contributed by atoms with E-state index in [-0.39, 0.29) is 12.3 Å². The third kappa shape index (κ3) is 8.94. The SMILES string of the molecule is CCCCN(NC(=O)CCc1ccc(NS(C)(=O)=O)cc1)C(=O)Nc1ccc(Cl)c(Cl)c1. The molecule has 3 N–H and O–H groups in total. The van der Waals surface area contributed by atoms with Crippen LogP contribution in [0.25, 0.3) is 0 Å². The monoisotopic (exact) mass is 500 g/mol. The highest BCUT2D eigenvalue weighted by Gasteiger charge is 2.16. The van der Waals surface area contributed by atoms with Gasteiger partial charge in [-0.2, -0.15) is 0 Å². The van der Waals surface area contributed by atoms with Crippen LogP contribution < -0.4 is 15.5 Å². The number of anilines is 2. The molecule has 11 heteroatoms. The molecule has 32 heavy (non-hydrogen) atoms. The largest absolute Gasteiger partial charge is 0.340 e. The van der Waals surface area contributed by atoms with Crippen molar-refractivity contribution in [3.63, 3.8) is 0 Å². The summed E-state index contributed by atoms with van der Waals surface area (Å²) in [7, 11) is -3.34. The standard InChI is InChI=1S/C21H26Cl2N4O4S/c1-3-4-13-27(21(29)24-17-10-11-18(22)19(23)14-17)25-20(28)12-7-15-5-8-16(9-6-15)26-32(2,30)31/h5-6,8-11,14,26H,3-4,7,12-13H2,1-2H3,(H,24,29)(H,25,28). The normalized spacial score (nSPS) is 11.0. The number of carbonyl (C=O) groups excluding carboxylic acids is 2. The second-order valence-electron chi connectivity index (χ2n) is 7.17. The minimum absolute atomic E-state index is 0.154. The molecule has 0 aromatic heterocycles. The van der Waals surface area contributed by atoms with E-state index in [0.29, 0.717) is 40.8 Å². The number of hydrogen-bond acceptors (Lipinski definition) is 4. The van der Waals surface area contributed by atoms with Crippen molar-refractivity contribution in [1.29, 1.82) is 0 Å². The van der Waals surface area contributed by atoms with Gasteiger partial charge in [-0.15, -0.1) is 0 Å². The summed E-state index contributed by atoms with van der Waals surface area (Å²) in [6, 6.07) is 11.0. The maximum atomic E-state index is 12.6. The lowest BCUT2D eigenvalue weighted by Crippen LogP contribution is -2.48. The lowest BCUT2D eigenvalue weighted by molar-refractivity contribution is -0.124. The number of halogens is 2. The molecule has 0 heterocycles. The molecule has 2 aromatic carbocycles. The van der Waals surface area contributed by atoms with E-state index in [9.17, 15) is 18.0 Å². The first-order valence-corrected chi connectivity index (χ1v) is 12.6. The van der Waals surface area contributed by atoms with Crippen molar-refractivity contribution in [1.82, 2.24) is 10.4 Å². The number of nitrogens with zero attached hydrogens (tertiary/aromatic N) is 1. The van der Waals surface area contributed by atoms with Gasteiger partial charge in [0.1, 0.15) is 0 Å². The van der Waals surface area contributed by atoms with E-state index in [1.54, 1.807) is 36.4 Å². The summed E-state index contributed by atoms with van der Waals surface area (Å²) in [6.45, 7) is 2.33. The van der Waals surface area contributed by atoms with Gasteiger partial charge in [0.15, 0.2) is 0 Å². The van der Waals surface area contributed by atoms with Gasteiger partial charge in [0.2, 0.25) is 15.9 Å². The summed E-state index contributed by atoms with van der Waals surface area (Å²) in [5.41, 5.74) is 4.41. The zero-order valence-corrected chi connectivity index (χ0v) is 20.1. The second kappa shape index (κ2) is 11.9. The number of hydrazine groups is 1. The van der Waals surface area contributed by atoms with Crippen molar-refractivity contribution in [3.8, 4) is 0 Å². The Labute approximate surface area is 198 Å². The predicted molar refractivity (Wildman–Crippen MR) is 128 cm³/mol. The van der Waals surface area contributed by atoms with E-state index in [0.717, 1.165) is 18.2 Å². The van der Waals surface area contributed by atoms with E-state index >= 15 is 0 Å². The maximum Gasteiger partial charge on any atom is 0.340 e. The highest BCUT2D eigenvalue weighted by atomic mass is 35.5. The first-order valence-electron chi connectivity index (χ1n) is 9.97. The fourth-order valence-corrected chi connectivity index (χ4v) is 3.57. The number of sulfonamides is 1. The van der Waals surface area contributed by atoms with Crippen molar-refractivity contribution < 1.29 is 18.0 Å². The highest BCUT2D eigenvalue weighted by molar-refractivity contribution is 7.92. The average Bonchev–Trinajstić information content (AvgIpc) is 2.72. The fourth-order valence-electron chi connectivity index (χ4n) is 2.71. The molecule has 0 radical (unpaired) electrons. The fraction of sp³-hybridized carbons (Fsp3) is 0.333. The summed E-state index contributed by atoms with van der Waals surface area (Å²) < 4.78 is 24.9. The van der Waals surface area contributed by atoms with E-state index < -0.39 is 16.1 Å². The second-order valence-corrected chi connectivity index (χ2v) is 9.73. The Hall–Kier alpha value is -2.49. The van der Waals surface area contributed by atoms with Gasteiger partial charge in [0.25, 0.3) is 0 Å². The molecule has 0 spiro atoms. The molecule has 0 aliphatic carbocycles. The number of carbonyl (C=O) groups is 2. The van der Waals surface area contributed by atoms with Gasteiger partial charge in [-0.05, 0) is 48.7 Å². The highest BCUT2D eigenvalue weighted by Crippen LogP contribution is 2.25. The van der Waals surface area contributed by atoms with Crippen LogP contribution in [0.1, 0.15) is 31.7 Å². The Bertz CT molecular complexity index is 1050. The van der Waals surface area contributed by atoms with Crippen LogP contribution in [0.5, 0.6) is 0 Å². The molecule has 0 atom stereocenters.